The zero-order valence-corrected chi connectivity index (χ0v) is 14.5. The summed E-state index contributed by atoms with van der Waals surface area (Å²) in [5.41, 5.74) is 0.688. The lowest BCUT2D eigenvalue weighted by molar-refractivity contribution is -0.122. The lowest BCUT2D eigenvalue weighted by atomic mass is 10.0. The van der Waals surface area contributed by atoms with Crippen molar-refractivity contribution in [3.8, 4) is 0 Å². The van der Waals surface area contributed by atoms with Crippen LogP contribution in [0.4, 0.5) is 0 Å². The van der Waals surface area contributed by atoms with Crippen molar-refractivity contribution in [2.75, 3.05) is 13.1 Å². The third-order valence-electron chi connectivity index (χ3n) is 4.40. The maximum absolute atomic E-state index is 12.4. The van der Waals surface area contributed by atoms with Gasteiger partial charge in [0.2, 0.25) is 11.7 Å². The maximum atomic E-state index is 12.4. The second kappa shape index (κ2) is 8.00. The van der Waals surface area contributed by atoms with E-state index in [-0.39, 0.29) is 23.6 Å². The Hall–Kier alpha value is -2.57. The molecule has 1 fully saturated rings. The third kappa shape index (κ3) is 4.71. The predicted molar refractivity (Wildman–Crippen MR) is 92.0 cm³/mol. The van der Waals surface area contributed by atoms with E-state index in [2.05, 4.69) is 15.0 Å². The van der Waals surface area contributed by atoms with Gasteiger partial charge in [0.25, 0.3) is 5.91 Å². The highest BCUT2D eigenvalue weighted by Gasteiger charge is 2.27. The van der Waals surface area contributed by atoms with E-state index >= 15 is 0 Å². The van der Waals surface area contributed by atoms with Crippen LogP contribution in [0.5, 0.6) is 0 Å². The number of likely N-dealkylation sites (tertiary alicyclic amines) is 1. The van der Waals surface area contributed by atoms with Gasteiger partial charge in [-0.1, -0.05) is 5.16 Å². The Labute approximate surface area is 147 Å². The number of hydrogen-bond acceptors (Lipinski definition) is 4. The number of aryl methyl sites for hydroxylation is 2. The number of nitrogens with zero attached hydrogens (tertiary/aromatic N) is 3. The van der Waals surface area contributed by atoms with Gasteiger partial charge in [0.15, 0.2) is 0 Å². The van der Waals surface area contributed by atoms with E-state index in [1.54, 1.807) is 17.9 Å². The first-order valence-corrected chi connectivity index (χ1v) is 8.74. The number of rotatable bonds is 6. The van der Waals surface area contributed by atoms with Crippen LogP contribution >= 0.6 is 0 Å². The molecule has 1 aliphatic rings. The highest BCUT2D eigenvalue weighted by atomic mass is 16.5. The van der Waals surface area contributed by atoms with Crippen molar-refractivity contribution in [1.29, 1.82) is 0 Å². The molecule has 7 heteroatoms. The second-order valence-electron chi connectivity index (χ2n) is 6.51. The van der Waals surface area contributed by atoms with Crippen molar-refractivity contribution in [2.45, 2.75) is 45.2 Å². The van der Waals surface area contributed by atoms with E-state index in [1.807, 2.05) is 24.5 Å². The minimum Gasteiger partial charge on any atom is -0.354 e. The molecule has 0 aromatic carbocycles. The Bertz CT molecular complexity index is 708. The van der Waals surface area contributed by atoms with E-state index in [0.717, 1.165) is 25.8 Å². The van der Waals surface area contributed by atoms with Gasteiger partial charge in [-0.05, 0) is 38.3 Å². The Morgan fingerprint density at radius 2 is 2.16 bits per heavy atom. The van der Waals surface area contributed by atoms with E-state index in [0.29, 0.717) is 25.2 Å². The number of piperidine rings is 1. The maximum Gasteiger partial charge on any atom is 0.292 e. The van der Waals surface area contributed by atoms with Crippen LogP contribution in [0.15, 0.2) is 35.1 Å². The van der Waals surface area contributed by atoms with Gasteiger partial charge in [-0.3, -0.25) is 9.59 Å². The first-order valence-electron chi connectivity index (χ1n) is 8.74. The fourth-order valence-corrected chi connectivity index (χ4v) is 3.14. The van der Waals surface area contributed by atoms with Gasteiger partial charge in [-0.15, -0.1) is 0 Å². The summed E-state index contributed by atoms with van der Waals surface area (Å²) in [6.45, 7) is 3.81. The SMILES string of the molecule is Cc1cc(C(=O)N2CCC[C@@H](NC(=O)CCCn3cccc3)C2)on1. The Morgan fingerprint density at radius 3 is 2.88 bits per heavy atom. The average molecular weight is 344 g/mol. The smallest absolute Gasteiger partial charge is 0.292 e. The number of amides is 2. The second-order valence-corrected chi connectivity index (χ2v) is 6.51. The van der Waals surface area contributed by atoms with Crippen molar-refractivity contribution < 1.29 is 14.1 Å². The van der Waals surface area contributed by atoms with Crippen LogP contribution < -0.4 is 5.32 Å². The van der Waals surface area contributed by atoms with Gasteiger partial charge in [-0.2, -0.15) is 0 Å². The molecule has 0 radical (unpaired) electrons. The zero-order chi connectivity index (χ0) is 17.6. The van der Waals surface area contributed by atoms with E-state index in [9.17, 15) is 9.59 Å². The molecule has 3 heterocycles. The molecule has 1 atom stereocenters. The molecular weight excluding hydrogens is 320 g/mol. The minimum atomic E-state index is -0.160. The standard InChI is InChI=1S/C18H24N4O3/c1-14-12-16(25-20-14)18(24)22-11-4-6-15(13-22)19-17(23)7-5-10-21-8-2-3-9-21/h2-3,8-9,12,15H,4-7,10-11,13H2,1H3,(H,19,23)/t15-/m1/s1. The molecule has 25 heavy (non-hydrogen) atoms. The zero-order valence-electron chi connectivity index (χ0n) is 14.5. The summed E-state index contributed by atoms with van der Waals surface area (Å²) in [6, 6.07) is 5.60. The van der Waals surface area contributed by atoms with E-state index in [1.165, 1.54) is 0 Å². The van der Waals surface area contributed by atoms with Gasteiger partial charge >= 0.3 is 0 Å². The van der Waals surface area contributed by atoms with Gasteiger partial charge < -0.3 is 19.3 Å². The number of carbonyl (C=O) groups excluding carboxylic acids is 2. The highest BCUT2D eigenvalue weighted by molar-refractivity contribution is 5.91. The van der Waals surface area contributed by atoms with Gasteiger partial charge in [-0.25, -0.2) is 0 Å². The topological polar surface area (TPSA) is 80.4 Å². The minimum absolute atomic E-state index is 0.000738. The summed E-state index contributed by atoms with van der Waals surface area (Å²) < 4.78 is 7.12. The van der Waals surface area contributed by atoms with Gasteiger partial charge in [0.1, 0.15) is 0 Å². The number of nitrogens with one attached hydrogen (secondary N) is 1. The molecule has 0 aliphatic carbocycles. The Balaban J connectivity index is 1.44. The molecule has 2 aromatic heterocycles. The van der Waals surface area contributed by atoms with Crippen LogP contribution in [0.2, 0.25) is 0 Å². The fraction of sp³-hybridized carbons (Fsp3) is 0.500. The van der Waals surface area contributed by atoms with E-state index in [4.69, 9.17) is 4.52 Å². The molecule has 1 N–H and O–H groups in total. The molecule has 3 rings (SSSR count). The third-order valence-corrected chi connectivity index (χ3v) is 4.40. The summed E-state index contributed by atoms with van der Waals surface area (Å²) in [7, 11) is 0. The largest absolute Gasteiger partial charge is 0.354 e. The quantitative estimate of drug-likeness (QED) is 0.869. The van der Waals surface area contributed by atoms with Crippen LogP contribution in [0.3, 0.4) is 0 Å². The first kappa shape index (κ1) is 17.3. The monoisotopic (exact) mass is 344 g/mol. The van der Waals surface area contributed by atoms with Crippen LogP contribution in [0, 0.1) is 6.92 Å². The molecule has 7 nitrogen and oxygen atoms in total. The predicted octanol–water partition coefficient (Wildman–Crippen LogP) is 1.99. The number of carbonyl (C=O) groups is 2. The molecule has 1 saturated heterocycles. The summed E-state index contributed by atoms with van der Waals surface area (Å²) >= 11 is 0. The molecule has 134 valence electrons. The fourth-order valence-electron chi connectivity index (χ4n) is 3.14. The summed E-state index contributed by atoms with van der Waals surface area (Å²) in [5, 5.41) is 6.81. The van der Waals surface area contributed by atoms with Gasteiger partial charge in [0, 0.05) is 50.6 Å². The normalized spacial score (nSPS) is 17.5. The van der Waals surface area contributed by atoms with Crippen molar-refractivity contribution in [3.05, 3.63) is 42.0 Å². The van der Waals surface area contributed by atoms with Crippen LogP contribution in [0.1, 0.15) is 41.9 Å². The van der Waals surface area contributed by atoms with Crippen molar-refractivity contribution >= 4 is 11.8 Å². The van der Waals surface area contributed by atoms with Crippen LogP contribution in [0.25, 0.3) is 0 Å². The summed E-state index contributed by atoms with van der Waals surface area (Å²) in [6.07, 6.45) is 7.04. The molecule has 2 aromatic rings. The molecule has 0 spiro atoms. The number of hydrogen-bond donors (Lipinski definition) is 1. The average Bonchev–Trinajstić information content (AvgIpc) is 3.26. The molecule has 2 amide bonds. The van der Waals surface area contributed by atoms with Gasteiger partial charge in [0.05, 0.1) is 5.69 Å². The molecule has 0 saturated carbocycles. The van der Waals surface area contributed by atoms with Crippen molar-refractivity contribution in [3.63, 3.8) is 0 Å². The van der Waals surface area contributed by atoms with Crippen LogP contribution in [-0.4, -0.2) is 45.6 Å². The Kier molecular flexibility index (Phi) is 5.53. The van der Waals surface area contributed by atoms with Crippen molar-refractivity contribution in [2.24, 2.45) is 0 Å². The highest BCUT2D eigenvalue weighted by Crippen LogP contribution is 2.15. The first-order chi connectivity index (χ1) is 12.1. The number of aromatic nitrogens is 2. The summed E-state index contributed by atoms with van der Waals surface area (Å²) in [4.78, 5) is 26.3. The molecule has 0 bridgehead atoms. The summed E-state index contributed by atoms with van der Waals surface area (Å²) in [5.74, 6) is 0.144. The lowest BCUT2D eigenvalue weighted by Crippen LogP contribution is -2.49. The molecule has 0 unspecified atom stereocenters. The molecule has 1 aliphatic heterocycles. The Morgan fingerprint density at radius 1 is 1.36 bits per heavy atom. The molecular formula is C18H24N4O3. The van der Waals surface area contributed by atoms with Crippen LogP contribution in [-0.2, 0) is 11.3 Å². The lowest BCUT2D eigenvalue weighted by Gasteiger charge is -2.32. The van der Waals surface area contributed by atoms with E-state index < -0.39 is 0 Å². The van der Waals surface area contributed by atoms with Crippen molar-refractivity contribution in [1.82, 2.24) is 19.9 Å².